The SMILES string of the molecule is Brc1cc2[nH]nc(Br)c2cn1. The fourth-order valence-electron chi connectivity index (χ4n) is 0.856. The van der Waals surface area contributed by atoms with Gasteiger partial charge in [0.2, 0.25) is 0 Å². The molecule has 2 heterocycles. The molecule has 5 heteroatoms. The van der Waals surface area contributed by atoms with E-state index in [-0.39, 0.29) is 0 Å². The lowest BCUT2D eigenvalue weighted by Gasteiger charge is -1.88. The zero-order chi connectivity index (χ0) is 7.84. The lowest BCUT2D eigenvalue weighted by Crippen LogP contribution is -1.73. The van der Waals surface area contributed by atoms with Crippen molar-refractivity contribution in [1.29, 1.82) is 0 Å². The molecule has 0 fully saturated rings. The molecule has 0 aliphatic rings. The van der Waals surface area contributed by atoms with E-state index in [1.54, 1.807) is 6.20 Å². The average Bonchev–Trinajstić information content (AvgIpc) is 2.32. The summed E-state index contributed by atoms with van der Waals surface area (Å²) in [4.78, 5) is 4.07. The molecule has 11 heavy (non-hydrogen) atoms. The monoisotopic (exact) mass is 275 g/mol. The van der Waals surface area contributed by atoms with Gasteiger partial charge in [0.1, 0.15) is 9.21 Å². The number of hydrogen-bond acceptors (Lipinski definition) is 2. The summed E-state index contributed by atoms with van der Waals surface area (Å²) in [5.41, 5.74) is 0.971. The summed E-state index contributed by atoms with van der Waals surface area (Å²) in [5.74, 6) is 0. The summed E-state index contributed by atoms with van der Waals surface area (Å²) in [5, 5.41) is 7.82. The maximum atomic E-state index is 4.07. The Bertz CT molecular complexity index is 396. The molecule has 1 N–H and O–H groups in total. The zero-order valence-corrected chi connectivity index (χ0v) is 8.48. The Morgan fingerprint density at radius 3 is 3.00 bits per heavy atom. The molecular formula is C6H3Br2N3. The maximum Gasteiger partial charge on any atom is 0.137 e. The van der Waals surface area contributed by atoms with Gasteiger partial charge in [-0.25, -0.2) is 4.98 Å². The highest BCUT2D eigenvalue weighted by atomic mass is 79.9. The normalized spacial score (nSPS) is 10.7. The molecule has 0 aliphatic carbocycles. The fraction of sp³-hybridized carbons (Fsp3) is 0. The minimum Gasteiger partial charge on any atom is -0.277 e. The Hall–Kier alpha value is -0.420. The standard InChI is InChI=1S/C6H3Br2N3/c7-5-1-4-3(2-9-5)6(8)11-10-4/h1-2H,(H,10,11). The first-order valence-corrected chi connectivity index (χ1v) is 4.51. The Balaban J connectivity index is 2.86. The highest BCUT2D eigenvalue weighted by Crippen LogP contribution is 2.21. The highest BCUT2D eigenvalue weighted by Gasteiger charge is 2.01. The lowest BCUT2D eigenvalue weighted by molar-refractivity contribution is 1.09. The Labute approximate surface area is 79.5 Å². The number of aromatic nitrogens is 3. The maximum absolute atomic E-state index is 4.07. The molecule has 0 bridgehead atoms. The largest absolute Gasteiger partial charge is 0.277 e. The molecule has 0 aromatic carbocycles. The van der Waals surface area contributed by atoms with Crippen LogP contribution in [0.2, 0.25) is 0 Å². The summed E-state index contributed by atoms with van der Waals surface area (Å²) in [7, 11) is 0. The molecule has 0 saturated heterocycles. The molecule has 56 valence electrons. The van der Waals surface area contributed by atoms with Crippen molar-refractivity contribution in [2.45, 2.75) is 0 Å². The van der Waals surface area contributed by atoms with Crippen LogP contribution < -0.4 is 0 Å². The number of pyridine rings is 1. The Morgan fingerprint density at radius 2 is 2.18 bits per heavy atom. The molecule has 2 aromatic rings. The predicted octanol–water partition coefficient (Wildman–Crippen LogP) is 2.48. The van der Waals surface area contributed by atoms with E-state index in [1.165, 1.54) is 0 Å². The first-order chi connectivity index (χ1) is 5.27. The smallest absolute Gasteiger partial charge is 0.137 e. The van der Waals surface area contributed by atoms with Gasteiger partial charge in [-0.05, 0) is 37.9 Å². The van der Waals surface area contributed by atoms with Crippen LogP contribution in [-0.2, 0) is 0 Å². The van der Waals surface area contributed by atoms with Crippen molar-refractivity contribution in [3.8, 4) is 0 Å². The molecule has 0 aliphatic heterocycles. The average molecular weight is 277 g/mol. The van der Waals surface area contributed by atoms with Crippen LogP contribution in [0.1, 0.15) is 0 Å². The first kappa shape index (κ1) is 7.24. The molecule has 3 nitrogen and oxygen atoms in total. The van der Waals surface area contributed by atoms with Gasteiger partial charge in [0.15, 0.2) is 0 Å². The van der Waals surface area contributed by atoms with E-state index in [0.717, 1.165) is 20.1 Å². The van der Waals surface area contributed by atoms with Gasteiger partial charge < -0.3 is 0 Å². The molecule has 0 radical (unpaired) electrons. The van der Waals surface area contributed by atoms with Crippen LogP contribution in [0.15, 0.2) is 21.5 Å². The molecule has 0 saturated carbocycles. The van der Waals surface area contributed by atoms with Gasteiger partial charge in [-0.2, -0.15) is 5.10 Å². The van der Waals surface area contributed by atoms with Gasteiger partial charge >= 0.3 is 0 Å². The van der Waals surface area contributed by atoms with E-state index in [2.05, 4.69) is 47.0 Å². The summed E-state index contributed by atoms with van der Waals surface area (Å²) >= 11 is 6.56. The number of aromatic amines is 1. The minimum atomic E-state index is 0.799. The van der Waals surface area contributed by atoms with Crippen molar-refractivity contribution in [1.82, 2.24) is 15.2 Å². The van der Waals surface area contributed by atoms with Gasteiger partial charge in [-0.15, -0.1) is 0 Å². The minimum absolute atomic E-state index is 0.799. The highest BCUT2D eigenvalue weighted by molar-refractivity contribution is 9.10. The molecule has 0 spiro atoms. The summed E-state index contributed by atoms with van der Waals surface area (Å²) in [6, 6.07) is 1.88. The zero-order valence-electron chi connectivity index (χ0n) is 5.31. The number of halogens is 2. The quantitative estimate of drug-likeness (QED) is 0.751. The van der Waals surface area contributed by atoms with Crippen molar-refractivity contribution in [2.24, 2.45) is 0 Å². The van der Waals surface area contributed by atoms with E-state index in [4.69, 9.17) is 0 Å². The second-order valence-corrected chi connectivity index (χ2v) is 3.63. The third-order valence-corrected chi connectivity index (χ3v) is 2.41. The van der Waals surface area contributed by atoms with Crippen molar-refractivity contribution < 1.29 is 0 Å². The molecule has 0 amide bonds. The summed E-state index contributed by atoms with van der Waals surface area (Å²) < 4.78 is 1.61. The van der Waals surface area contributed by atoms with E-state index >= 15 is 0 Å². The van der Waals surface area contributed by atoms with Crippen LogP contribution in [0.4, 0.5) is 0 Å². The van der Waals surface area contributed by atoms with Gasteiger partial charge in [0.05, 0.1) is 10.9 Å². The Morgan fingerprint density at radius 1 is 1.36 bits per heavy atom. The number of H-pyrrole nitrogens is 1. The van der Waals surface area contributed by atoms with Crippen molar-refractivity contribution in [3.63, 3.8) is 0 Å². The van der Waals surface area contributed by atoms with E-state index < -0.39 is 0 Å². The van der Waals surface area contributed by atoms with Crippen molar-refractivity contribution in [3.05, 3.63) is 21.5 Å². The number of nitrogens with one attached hydrogen (secondary N) is 1. The van der Waals surface area contributed by atoms with Crippen molar-refractivity contribution >= 4 is 42.8 Å². The van der Waals surface area contributed by atoms with Gasteiger partial charge in [-0.1, -0.05) is 0 Å². The predicted molar refractivity (Wildman–Crippen MR) is 49.3 cm³/mol. The number of rotatable bonds is 0. The van der Waals surface area contributed by atoms with Crippen molar-refractivity contribution in [2.75, 3.05) is 0 Å². The van der Waals surface area contributed by atoms with E-state index in [0.29, 0.717) is 0 Å². The van der Waals surface area contributed by atoms with Gasteiger partial charge in [0, 0.05) is 6.20 Å². The second-order valence-electron chi connectivity index (χ2n) is 2.07. The number of fused-ring (bicyclic) bond motifs is 1. The van der Waals surface area contributed by atoms with Gasteiger partial charge in [-0.3, -0.25) is 5.10 Å². The third kappa shape index (κ3) is 1.18. The molecule has 0 atom stereocenters. The number of hydrogen-bond donors (Lipinski definition) is 1. The molecule has 2 aromatic heterocycles. The van der Waals surface area contributed by atoms with Crippen LogP contribution in [0.3, 0.4) is 0 Å². The van der Waals surface area contributed by atoms with Gasteiger partial charge in [0.25, 0.3) is 0 Å². The topological polar surface area (TPSA) is 41.6 Å². The summed E-state index contributed by atoms with van der Waals surface area (Å²) in [6.45, 7) is 0. The third-order valence-electron chi connectivity index (χ3n) is 1.37. The molecular weight excluding hydrogens is 274 g/mol. The number of nitrogens with zero attached hydrogens (tertiary/aromatic N) is 2. The summed E-state index contributed by atoms with van der Waals surface area (Å²) in [6.07, 6.45) is 1.76. The lowest BCUT2D eigenvalue weighted by atomic mass is 10.3. The fourth-order valence-corrected chi connectivity index (χ4v) is 1.59. The Kier molecular flexibility index (Phi) is 1.69. The van der Waals surface area contributed by atoms with Crippen LogP contribution in [0, 0.1) is 0 Å². The molecule has 0 unspecified atom stereocenters. The first-order valence-electron chi connectivity index (χ1n) is 2.92. The van der Waals surface area contributed by atoms with E-state index in [9.17, 15) is 0 Å². The van der Waals surface area contributed by atoms with Crippen LogP contribution in [-0.4, -0.2) is 15.2 Å². The van der Waals surface area contributed by atoms with Crippen LogP contribution in [0.5, 0.6) is 0 Å². The van der Waals surface area contributed by atoms with E-state index in [1.807, 2.05) is 6.07 Å². The van der Waals surface area contributed by atoms with Crippen LogP contribution in [0.25, 0.3) is 10.9 Å². The molecule has 2 rings (SSSR count). The second kappa shape index (κ2) is 2.57. The van der Waals surface area contributed by atoms with Crippen LogP contribution >= 0.6 is 31.9 Å².